The lowest BCUT2D eigenvalue weighted by Crippen LogP contribution is -2.36. The van der Waals surface area contributed by atoms with Gasteiger partial charge in [0.1, 0.15) is 12.6 Å². The van der Waals surface area contributed by atoms with Crippen LogP contribution in [-0.4, -0.2) is 25.8 Å². The highest BCUT2D eigenvalue weighted by Gasteiger charge is 2.33. The number of amides is 1. The second kappa shape index (κ2) is 10.4. The van der Waals surface area contributed by atoms with Gasteiger partial charge < -0.3 is 15.0 Å². The molecule has 1 aliphatic rings. The first-order valence-corrected chi connectivity index (χ1v) is 10.6. The molecule has 0 aromatic heterocycles. The lowest BCUT2D eigenvalue weighted by molar-refractivity contribution is -0.137. The molecule has 0 spiro atoms. The fourth-order valence-electron chi connectivity index (χ4n) is 3.64. The Labute approximate surface area is 191 Å². The van der Waals surface area contributed by atoms with Gasteiger partial charge in [0.05, 0.1) is 18.4 Å². The molecule has 0 radical (unpaired) electrons. The van der Waals surface area contributed by atoms with Crippen LogP contribution in [0.25, 0.3) is 0 Å². The second-order valence-corrected chi connectivity index (χ2v) is 8.08. The highest BCUT2D eigenvalue weighted by molar-refractivity contribution is 5.98. The maximum atomic E-state index is 13.4. The molecule has 3 rings (SSSR count). The maximum absolute atomic E-state index is 13.4. The molecule has 1 unspecified atom stereocenters. The van der Waals surface area contributed by atoms with Gasteiger partial charge in [0.2, 0.25) is 5.91 Å². The predicted molar refractivity (Wildman–Crippen MR) is 119 cm³/mol. The number of alkyl halides is 3. The molecule has 1 saturated carbocycles. The highest BCUT2D eigenvalue weighted by atomic mass is 19.4. The molecule has 1 atom stereocenters. The summed E-state index contributed by atoms with van der Waals surface area (Å²) in [5.41, 5.74) is 5.65. The number of hydrogen-bond acceptors (Lipinski definition) is 5. The van der Waals surface area contributed by atoms with Crippen LogP contribution in [0.1, 0.15) is 65.1 Å². The summed E-state index contributed by atoms with van der Waals surface area (Å²) in [6.45, 7) is 3.53. The van der Waals surface area contributed by atoms with Gasteiger partial charge in [-0.15, -0.1) is 0 Å². The van der Waals surface area contributed by atoms with E-state index in [4.69, 9.17) is 9.68 Å². The van der Waals surface area contributed by atoms with Crippen LogP contribution in [-0.2, 0) is 27.3 Å². The Morgan fingerprint density at radius 1 is 1.24 bits per heavy atom. The SMILES string of the molecule is CNC(=O)C(NOC)c1cccc(C)c1CO/N=C(\C)c1cc(C2CC2)cc(C(F)(F)F)c1. The van der Waals surface area contributed by atoms with E-state index >= 15 is 0 Å². The van der Waals surface area contributed by atoms with Crippen molar-refractivity contribution in [2.24, 2.45) is 5.16 Å². The Morgan fingerprint density at radius 2 is 1.97 bits per heavy atom. The van der Waals surface area contributed by atoms with E-state index in [1.54, 1.807) is 19.1 Å². The van der Waals surface area contributed by atoms with Crippen molar-refractivity contribution in [3.05, 3.63) is 69.8 Å². The number of hydrogen-bond donors (Lipinski definition) is 2. The average molecular weight is 464 g/mol. The molecule has 33 heavy (non-hydrogen) atoms. The molecule has 9 heteroatoms. The van der Waals surface area contributed by atoms with Crippen LogP contribution in [0.2, 0.25) is 0 Å². The minimum atomic E-state index is -4.43. The third kappa shape index (κ3) is 6.11. The van der Waals surface area contributed by atoms with E-state index in [1.807, 2.05) is 19.1 Å². The first kappa shape index (κ1) is 24.7. The van der Waals surface area contributed by atoms with Gasteiger partial charge in [-0.1, -0.05) is 23.4 Å². The topological polar surface area (TPSA) is 72.0 Å². The van der Waals surface area contributed by atoms with Crippen molar-refractivity contribution in [2.45, 2.75) is 51.4 Å². The van der Waals surface area contributed by atoms with E-state index in [0.717, 1.165) is 30.0 Å². The maximum Gasteiger partial charge on any atom is 0.416 e. The lowest BCUT2D eigenvalue weighted by Gasteiger charge is -2.20. The molecule has 6 nitrogen and oxygen atoms in total. The van der Waals surface area contributed by atoms with E-state index in [1.165, 1.54) is 20.2 Å². The molecule has 178 valence electrons. The Morgan fingerprint density at radius 3 is 2.58 bits per heavy atom. The molecule has 1 aliphatic carbocycles. The Balaban J connectivity index is 1.85. The number of hydroxylamine groups is 1. The Hall–Kier alpha value is -2.91. The monoisotopic (exact) mass is 463 g/mol. The molecule has 1 fully saturated rings. The fourth-order valence-corrected chi connectivity index (χ4v) is 3.64. The number of benzene rings is 2. The molecule has 0 bridgehead atoms. The first-order valence-electron chi connectivity index (χ1n) is 10.6. The summed E-state index contributed by atoms with van der Waals surface area (Å²) in [6, 6.07) is 8.77. The molecular weight excluding hydrogens is 435 g/mol. The van der Waals surface area contributed by atoms with Crippen LogP contribution in [0.15, 0.2) is 41.6 Å². The number of halogens is 3. The quantitative estimate of drug-likeness (QED) is 0.415. The van der Waals surface area contributed by atoms with Gasteiger partial charge in [0.25, 0.3) is 0 Å². The molecule has 2 aromatic rings. The summed E-state index contributed by atoms with van der Waals surface area (Å²) in [4.78, 5) is 22.9. The van der Waals surface area contributed by atoms with Gasteiger partial charge >= 0.3 is 6.18 Å². The van der Waals surface area contributed by atoms with Gasteiger partial charge in [-0.2, -0.15) is 18.7 Å². The zero-order chi connectivity index (χ0) is 24.2. The van der Waals surface area contributed by atoms with Gasteiger partial charge in [-0.3, -0.25) is 4.79 Å². The molecule has 0 heterocycles. The zero-order valence-corrected chi connectivity index (χ0v) is 19.0. The third-order valence-electron chi connectivity index (χ3n) is 5.66. The molecule has 2 aromatic carbocycles. The first-order chi connectivity index (χ1) is 15.7. The van der Waals surface area contributed by atoms with Gasteiger partial charge in [-0.05, 0) is 73.1 Å². The minimum Gasteiger partial charge on any atom is -0.391 e. The second-order valence-electron chi connectivity index (χ2n) is 8.08. The van der Waals surface area contributed by atoms with E-state index in [2.05, 4.69) is 16.0 Å². The summed E-state index contributed by atoms with van der Waals surface area (Å²) in [5, 5.41) is 6.67. The Kier molecular flexibility index (Phi) is 7.76. The van der Waals surface area contributed by atoms with E-state index in [-0.39, 0.29) is 18.4 Å². The van der Waals surface area contributed by atoms with Crippen LogP contribution in [0.4, 0.5) is 13.2 Å². The van der Waals surface area contributed by atoms with E-state index in [9.17, 15) is 18.0 Å². The van der Waals surface area contributed by atoms with E-state index < -0.39 is 17.8 Å². The standard InChI is InChI=1S/C24H28F3N3O3/c1-14-6-5-7-20(22(30-32-4)23(31)28-3)21(14)13-33-29-15(2)17-10-18(16-8-9-16)12-19(11-17)24(25,26)27/h5-7,10-12,16,22,30H,8-9,13H2,1-4H3,(H,28,31)/b29-15+. The lowest BCUT2D eigenvalue weighted by atomic mass is 9.96. The van der Waals surface area contributed by atoms with Crippen molar-refractivity contribution in [1.29, 1.82) is 0 Å². The van der Waals surface area contributed by atoms with Crippen molar-refractivity contribution in [3.63, 3.8) is 0 Å². The summed E-state index contributed by atoms with van der Waals surface area (Å²) in [6.07, 6.45) is -2.64. The van der Waals surface area contributed by atoms with Crippen LogP contribution >= 0.6 is 0 Å². The highest BCUT2D eigenvalue weighted by Crippen LogP contribution is 2.42. The summed E-state index contributed by atoms with van der Waals surface area (Å²) in [7, 11) is 2.94. The van der Waals surface area contributed by atoms with E-state index in [0.29, 0.717) is 22.4 Å². The number of oxime groups is 1. The number of likely N-dealkylation sites (N-methyl/N-ethyl adjacent to an activating group) is 1. The molecular formula is C24H28F3N3O3. The predicted octanol–water partition coefficient (Wildman–Crippen LogP) is 4.77. The number of nitrogens with zero attached hydrogens (tertiary/aromatic N) is 1. The van der Waals surface area contributed by atoms with Crippen molar-refractivity contribution in [2.75, 3.05) is 14.2 Å². The number of aryl methyl sites for hydroxylation is 1. The molecule has 0 aliphatic heterocycles. The summed E-state index contributed by atoms with van der Waals surface area (Å²) < 4.78 is 40.1. The fraction of sp³-hybridized carbons (Fsp3) is 0.417. The molecule has 0 saturated heterocycles. The number of nitrogens with one attached hydrogen (secondary N) is 2. The van der Waals surface area contributed by atoms with Gasteiger partial charge in [0, 0.05) is 12.6 Å². The summed E-state index contributed by atoms with van der Waals surface area (Å²) >= 11 is 0. The van der Waals surface area contributed by atoms with Crippen LogP contribution in [0.5, 0.6) is 0 Å². The number of carbonyl (C=O) groups is 1. The number of rotatable bonds is 9. The van der Waals surface area contributed by atoms with Gasteiger partial charge in [-0.25, -0.2) is 0 Å². The summed E-state index contributed by atoms with van der Waals surface area (Å²) in [5.74, 6) is -0.121. The van der Waals surface area contributed by atoms with Crippen molar-refractivity contribution >= 4 is 11.6 Å². The van der Waals surface area contributed by atoms with Crippen LogP contribution in [0.3, 0.4) is 0 Å². The number of carbonyl (C=O) groups excluding carboxylic acids is 1. The van der Waals surface area contributed by atoms with Crippen molar-refractivity contribution in [1.82, 2.24) is 10.8 Å². The Bertz CT molecular complexity index is 1030. The van der Waals surface area contributed by atoms with Crippen LogP contribution in [0, 0.1) is 6.92 Å². The molecule has 2 N–H and O–H groups in total. The zero-order valence-electron chi connectivity index (χ0n) is 19.0. The minimum absolute atomic E-state index is 0.0344. The van der Waals surface area contributed by atoms with Crippen molar-refractivity contribution < 1.29 is 27.6 Å². The van der Waals surface area contributed by atoms with Gasteiger partial charge in [0.15, 0.2) is 0 Å². The van der Waals surface area contributed by atoms with Crippen molar-refractivity contribution in [3.8, 4) is 0 Å². The largest absolute Gasteiger partial charge is 0.416 e. The normalized spacial score (nSPS) is 15.3. The smallest absolute Gasteiger partial charge is 0.391 e. The average Bonchev–Trinajstić information content (AvgIpc) is 3.62. The molecule has 1 amide bonds. The van der Waals surface area contributed by atoms with Crippen LogP contribution < -0.4 is 10.8 Å². The third-order valence-corrected chi connectivity index (χ3v) is 5.66.